The summed E-state index contributed by atoms with van der Waals surface area (Å²) >= 11 is 3.69. The van der Waals surface area contributed by atoms with Crippen molar-refractivity contribution in [2.24, 2.45) is 0 Å². The second-order valence-electron chi connectivity index (χ2n) is 8.39. The number of benzene rings is 4. The van der Waals surface area contributed by atoms with Gasteiger partial charge in [0.05, 0.1) is 11.0 Å². The van der Waals surface area contributed by atoms with Crippen molar-refractivity contribution in [2.45, 2.75) is 19.3 Å². The summed E-state index contributed by atoms with van der Waals surface area (Å²) in [6.45, 7) is 4.72. The van der Waals surface area contributed by atoms with Gasteiger partial charge in [-0.1, -0.05) is 84.4 Å². The Labute approximate surface area is 178 Å². The van der Waals surface area contributed by atoms with Gasteiger partial charge in [-0.2, -0.15) is 0 Å². The Morgan fingerprint density at radius 1 is 0.724 bits per heavy atom. The largest absolute Gasteiger partial charge is 0.309 e. The third-order valence-corrected chi connectivity index (χ3v) is 6.91. The predicted octanol–water partition coefficient (Wildman–Crippen LogP) is 7.85. The molecule has 1 aliphatic rings. The minimum Gasteiger partial charge on any atom is -0.309 e. The fourth-order valence-electron chi connectivity index (χ4n) is 5.16. The van der Waals surface area contributed by atoms with Crippen molar-refractivity contribution in [3.05, 3.63) is 101 Å². The molecule has 0 aliphatic heterocycles. The summed E-state index contributed by atoms with van der Waals surface area (Å²) in [4.78, 5) is 0. The van der Waals surface area contributed by atoms with Crippen LogP contribution in [0.25, 0.3) is 38.6 Å². The second-order valence-corrected chi connectivity index (χ2v) is 9.30. The number of halogens is 1. The van der Waals surface area contributed by atoms with Crippen LogP contribution in [0.1, 0.15) is 25.0 Å². The first-order chi connectivity index (χ1) is 14.1. The third-order valence-electron chi connectivity index (χ3n) is 6.42. The maximum Gasteiger partial charge on any atom is 0.0588 e. The molecule has 5 aromatic rings. The average molecular weight is 438 g/mol. The molecule has 0 bridgehead atoms. The quantitative estimate of drug-likeness (QED) is 0.251. The Morgan fingerprint density at radius 2 is 1.45 bits per heavy atom. The molecule has 1 heterocycles. The molecule has 1 aromatic heterocycles. The van der Waals surface area contributed by atoms with Crippen molar-refractivity contribution in [1.29, 1.82) is 0 Å². The van der Waals surface area contributed by atoms with Gasteiger partial charge in [-0.3, -0.25) is 0 Å². The molecule has 6 rings (SSSR count). The van der Waals surface area contributed by atoms with Crippen molar-refractivity contribution in [2.75, 3.05) is 0 Å². The average Bonchev–Trinajstić information content (AvgIpc) is 3.18. The summed E-state index contributed by atoms with van der Waals surface area (Å²) < 4.78 is 3.59. The standard InChI is InChI=1S/C27H20BrN/c1-27(2)23-16-17(28)12-13-19(23)21-14-15-22-20-10-6-7-11-24(20)29(26(22)25(21)27)18-8-4-3-5-9-18/h3-16H,1-2H3. The summed E-state index contributed by atoms with van der Waals surface area (Å²) in [5.41, 5.74) is 9.23. The van der Waals surface area contributed by atoms with Crippen LogP contribution in [0.5, 0.6) is 0 Å². The molecule has 0 radical (unpaired) electrons. The molecule has 0 N–H and O–H groups in total. The molecular weight excluding hydrogens is 418 g/mol. The molecule has 0 amide bonds. The van der Waals surface area contributed by atoms with E-state index in [-0.39, 0.29) is 5.41 Å². The number of para-hydroxylation sites is 2. The maximum atomic E-state index is 3.69. The van der Waals surface area contributed by atoms with Crippen LogP contribution >= 0.6 is 15.9 Å². The van der Waals surface area contributed by atoms with Crippen LogP contribution in [-0.4, -0.2) is 4.57 Å². The molecule has 2 heteroatoms. The SMILES string of the molecule is CC1(C)c2cc(Br)ccc2-c2ccc3c4ccccc4n(-c4ccccc4)c3c21. The lowest BCUT2D eigenvalue weighted by atomic mass is 9.81. The van der Waals surface area contributed by atoms with Gasteiger partial charge < -0.3 is 4.57 Å². The highest BCUT2D eigenvalue weighted by Crippen LogP contribution is 2.53. The van der Waals surface area contributed by atoms with E-state index in [1.165, 1.54) is 49.7 Å². The minimum absolute atomic E-state index is 0.0745. The van der Waals surface area contributed by atoms with E-state index in [2.05, 4.69) is 119 Å². The van der Waals surface area contributed by atoms with Crippen LogP contribution in [0.15, 0.2) is 89.4 Å². The highest BCUT2D eigenvalue weighted by Gasteiger charge is 2.38. The molecule has 0 fully saturated rings. The summed E-state index contributed by atoms with van der Waals surface area (Å²) in [6, 6.07) is 30.8. The lowest BCUT2D eigenvalue weighted by molar-refractivity contribution is 0.663. The molecule has 1 aliphatic carbocycles. The van der Waals surface area contributed by atoms with Crippen LogP contribution in [-0.2, 0) is 5.41 Å². The molecule has 4 aromatic carbocycles. The molecule has 0 unspecified atom stereocenters. The third kappa shape index (κ3) is 2.21. The van der Waals surface area contributed by atoms with E-state index in [4.69, 9.17) is 0 Å². The van der Waals surface area contributed by atoms with Crippen molar-refractivity contribution < 1.29 is 0 Å². The van der Waals surface area contributed by atoms with Crippen LogP contribution < -0.4 is 0 Å². The van der Waals surface area contributed by atoms with Crippen molar-refractivity contribution in [3.8, 4) is 16.8 Å². The zero-order chi connectivity index (χ0) is 19.8. The van der Waals surface area contributed by atoms with Crippen molar-refractivity contribution >= 4 is 37.7 Å². The maximum absolute atomic E-state index is 3.69. The number of hydrogen-bond donors (Lipinski definition) is 0. The highest BCUT2D eigenvalue weighted by atomic mass is 79.9. The number of fused-ring (bicyclic) bond motifs is 7. The molecular formula is C27H20BrN. The van der Waals surface area contributed by atoms with Gasteiger partial charge in [0.25, 0.3) is 0 Å². The van der Waals surface area contributed by atoms with Gasteiger partial charge in [0.15, 0.2) is 0 Å². The van der Waals surface area contributed by atoms with Crippen molar-refractivity contribution in [1.82, 2.24) is 4.57 Å². The molecule has 0 spiro atoms. The Balaban J connectivity index is 1.84. The van der Waals surface area contributed by atoms with Crippen LogP contribution in [0.4, 0.5) is 0 Å². The molecule has 0 atom stereocenters. The lowest BCUT2D eigenvalue weighted by Crippen LogP contribution is -2.16. The topological polar surface area (TPSA) is 4.93 Å². The van der Waals surface area contributed by atoms with E-state index in [0.717, 1.165) is 4.47 Å². The van der Waals surface area contributed by atoms with Gasteiger partial charge >= 0.3 is 0 Å². The van der Waals surface area contributed by atoms with Crippen molar-refractivity contribution in [3.63, 3.8) is 0 Å². The van der Waals surface area contributed by atoms with Crippen LogP contribution in [0, 0.1) is 0 Å². The van der Waals surface area contributed by atoms with Gasteiger partial charge in [0.2, 0.25) is 0 Å². The molecule has 1 nitrogen and oxygen atoms in total. The Bertz CT molecular complexity index is 1420. The van der Waals surface area contributed by atoms with Crippen LogP contribution in [0.3, 0.4) is 0 Å². The van der Waals surface area contributed by atoms with E-state index in [0.29, 0.717) is 0 Å². The van der Waals surface area contributed by atoms with E-state index in [1.54, 1.807) is 0 Å². The fraction of sp³-hybridized carbons (Fsp3) is 0.111. The first-order valence-corrected chi connectivity index (χ1v) is 10.8. The number of aromatic nitrogens is 1. The zero-order valence-electron chi connectivity index (χ0n) is 16.4. The predicted molar refractivity (Wildman–Crippen MR) is 126 cm³/mol. The number of nitrogens with zero attached hydrogens (tertiary/aromatic N) is 1. The molecule has 0 saturated heterocycles. The summed E-state index contributed by atoms with van der Waals surface area (Å²) in [6.07, 6.45) is 0. The molecule has 0 saturated carbocycles. The second kappa shape index (κ2) is 5.84. The van der Waals surface area contributed by atoms with Gasteiger partial charge in [-0.15, -0.1) is 0 Å². The normalized spacial score (nSPS) is 14.3. The van der Waals surface area contributed by atoms with E-state index >= 15 is 0 Å². The van der Waals surface area contributed by atoms with Gasteiger partial charge in [-0.05, 0) is 52.6 Å². The van der Waals surface area contributed by atoms with Gasteiger partial charge in [-0.25, -0.2) is 0 Å². The van der Waals surface area contributed by atoms with E-state index in [1.807, 2.05) is 0 Å². The first-order valence-electron chi connectivity index (χ1n) is 10.00. The highest BCUT2D eigenvalue weighted by molar-refractivity contribution is 9.10. The van der Waals surface area contributed by atoms with Gasteiger partial charge in [0.1, 0.15) is 0 Å². The zero-order valence-corrected chi connectivity index (χ0v) is 18.0. The fourth-order valence-corrected chi connectivity index (χ4v) is 5.52. The molecule has 140 valence electrons. The Hall–Kier alpha value is -2.84. The smallest absolute Gasteiger partial charge is 0.0588 e. The van der Waals surface area contributed by atoms with E-state index in [9.17, 15) is 0 Å². The summed E-state index contributed by atoms with van der Waals surface area (Å²) in [5, 5.41) is 2.63. The summed E-state index contributed by atoms with van der Waals surface area (Å²) in [7, 11) is 0. The Kier molecular flexibility index (Phi) is 3.43. The first kappa shape index (κ1) is 17.1. The monoisotopic (exact) mass is 437 g/mol. The number of rotatable bonds is 1. The summed E-state index contributed by atoms with van der Waals surface area (Å²) in [5.74, 6) is 0. The number of hydrogen-bond acceptors (Lipinski definition) is 0. The van der Waals surface area contributed by atoms with Crippen LogP contribution in [0.2, 0.25) is 0 Å². The van der Waals surface area contributed by atoms with Gasteiger partial charge in [0, 0.05) is 26.3 Å². The Morgan fingerprint density at radius 3 is 2.28 bits per heavy atom. The minimum atomic E-state index is -0.0745. The lowest BCUT2D eigenvalue weighted by Gasteiger charge is -2.24. The molecule has 29 heavy (non-hydrogen) atoms. The van der Waals surface area contributed by atoms with E-state index < -0.39 is 0 Å².